The smallest absolute Gasteiger partial charge is 0.195 e. The Hall–Kier alpha value is -0.640. The number of aromatic amines is 1. The molecule has 1 atom stereocenters. The fourth-order valence-electron chi connectivity index (χ4n) is 2.00. The van der Waals surface area contributed by atoms with E-state index in [1.807, 2.05) is 0 Å². The summed E-state index contributed by atoms with van der Waals surface area (Å²) >= 11 is 5.30. The summed E-state index contributed by atoms with van der Waals surface area (Å²) < 4.78 is 2.93. The summed E-state index contributed by atoms with van der Waals surface area (Å²) in [5.74, 6) is 2.06. The SMILES string of the molecule is CCC(C(C)C)n1c(C(C)C)n[nH]c1=S. The summed E-state index contributed by atoms with van der Waals surface area (Å²) in [5, 5.41) is 7.22. The van der Waals surface area contributed by atoms with Gasteiger partial charge in [0.05, 0.1) is 0 Å². The lowest BCUT2D eigenvalue weighted by Gasteiger charge is -2.23. The molecule has 4 heteroatoms. The zero-order valence-corrected chi connectivity index (χ0v) is 11.1. The van der Waals surface area contributed by atoms with Crippen molar-refractivity contribution in [3.63, 3.8) is 0 Å². The van der Waals surface area contributed by atoms with Gasteiger partial charge in [0.2, 0.25) is 0 Å². The van der Waals surface area contributed by atoms with Crippen molar-refractivity contribution in [3.05, 3.63) is 10.6 Å². The minimum absolute atomic E-state index is 0.408. The fourth-order valence-corrected chi connectivity index (χ4v) is 2.27. The standard InChI is InChI=1S/C11H21N3S/c1-6-9(7(2)3)14-10(8(4)5)12-13-11(14)15/h7-9H,6H2,1-5H3,(H,13,15). The van der Waals surface area contributed by atoms with E-state index < -0.39 is 0 Å². The maximum Gasteiger partial charge on any atom is 0.195 e. The summed E-state index contributed by atoms with van der Waals surface area (Å²) in [6.45, 7) is 11.0. The summed E-state index contributed by atoms with van der Waals surface area (Å²) in [7, 11) is 0. The van der Waals surface area contributed by atoms with Gasteiger partial charge in [-0.3, -0.25) is 5.10 Å². The molecule has 1 N–H and O–H groups in total. The Morgan fingerprint density at radius 1 is 1.33 bits per heavy atom. The fraction of sp³-hybridized carbons (Fsp3) is 0.818. The van der Waals surface area contributed by atoms with Crippen molar-refractivity contribution in [3.8, 4) is 0 Å². The van der Waals surface area contributed by atoms with E-state index >= 15 is 0 Å². The summed E-state index contributed by atoms with van der Waals surface area (Å²) in [6.07, 6.45) is 1.09. The molecule has 0 aliphatic carbocycles. The average Bonchev–Trinajstić information content (AvgIpc) is 2.49. The van der Waals surface area contributed by atoms with E-state index in [9.17, 15) is 0 Å². The Balaban J connectivity index is 3.21. The lowest BCUT2D eigenvalue weighted by atomic mass is 10.0. The number of aromatic nitrogens is 3. The van der Waals surface area contributed by atoms with E-state index in [0.717, 1.165) is 17.0 Å². The largest absolute Gasteiger partial charge is 0.301 e. The first-order valence-corrected chi connectivity index (χ1v) is 6.06. The van der Waals surface area contributed by atoms with Crippen LogP contribution in [0.1, 0.15) is 58.8 Å². The maximum absolute atomic E-state index is 5.30. The maximum atomic E-state index is 5.30. The number of rotatable bonds is 4. The van der Waals surface area contributed by atoms with Crippen LogP contribution >= 0.6 is 12.2 Å². The van der Waals surface area contributed by atoms with Gasteiger partial charge in [-0.25, -0.2) is 0 Å². The van der Waals surface area contributed by atoms with Crippen LogP contribution in [0.2, 0.25) is 0 Å². The highest BCUT2D eigenvalue weighted by atomic mass is 32.1. The van der Waals surface area contributed by atoms with Gasteiger partial charge in [-0.05, 0) is 24.6 Å². The topological polar surface area (TPSA) is 33.6 Å². The second-order valence-electron chi connectivity index (χ2n) is 4.63. The van der Waals surface area contributed by atoms with Crippen LogP contribution < -0.4 is 0 Å². The molecule has 0 saturated carbocycles. The molecule has 1 aromatic rings. The molecule has 3 nitrogen and oxygen atoms in total. The molecule has 0 aliphatic heterocycles. The first-order valence-electron chi connectivity index (χ1n) is 5.65. The van der Waals surface area contributed by atoms with Gasteiger partial charge < -0.3 is 4.57 Å². The van der Waals surface area contributed by atoms with Crippen molar-refractivity contribution in [1.82, 2.24) is 14.8 Å². The number of hydrogen-bond acceptors (Lipinski definition) is 2. The molecular formula is C11H21N3S. The Bertz CT molecular complexity index is 362. The second-order valence-corrected chi connectivity index (χ2v) is 5.02. The molecule has 0 radical (unpaired) electrons. The second kappa shape index (κ2) is 4.92. The zero-order valence-electron chi connectivity index (χ0n) is 10.2. The molecule has 0 bridgehead atoms. The Kier molecular flexibility index (Phi) is 4.08. The predicted molar refractivity (Wildman–Crippen MR) is 65.7 cm³/mol. The quantitative estimate of drug-likeness (QED) is 0.796. The number of hydrogen-bond donors (Lipinski definition) is 1. The van der Waals surface area contributed by atoms with Gasteiger partial charge in [-0.1, -0.05) is 34.6 Å². The molecule has 86 valence electrons. The van der Waals surface area contributed by atoms with Crippen LogP contribution in [0.4, 0.5) is 0 Å². The lowest BCUT2D eigenvalue weighted by Crippen LogP contribution is -2.18. The number of nitrogens with one attached hydrogen (secondary N) is 1. The number of H-pyrrole nitrogens is 1. The third-order valence-corrected chi connectivity index (χ3v) is 3.06. The molecule has 0 aromatic carbocycles. The highest BCUT2D eigenvalue weighted by Crippen LogP contribution is 2.25. The van der Waals surface area contributed by atoms with Gasteiger partial charge in [-0.15, -0.1) is 0 Å². The Morgan fingerprint density at radius 2 is 1.93 bits per heavy atom. The van der Waals surface area contributed by atoms with Gasteiger partial charge in [0.15, 0.2) is 4.77 Å². The molecule has 0 spiro atoms. The van der Waals surface area contributed by atoms with Crippen LogP contribution in [0.5, 0.6) is 0 Å². The van der Waals surface area contributed by atoms with Gasteiger partial charge >= 0.3 is 0 Å². The van der Waals surface area contributed by atoms with Gasteiger partial charge in [-0.2, -0.15) is 5.10 Å². The molecule has 1 aromatic heterocycles. The molecule has 0 aliphatic rings. The van der Waals surface area contributed by atoms with E-state index in [4.69, 9.17) is 12.2 Å². The van der Waals surface area contributed by atoms with Gasteiger partial charge in [0.1, 0.15) is 5.82 Å². The first kappa shape index (κ1) is 12.4. The zero-order chi connectivity index (χ0) is 11.6. The van der Waals surface area contributed by atoms with E-state index in [2.05, 4.69) is 49.4 Å². The first-order chi connectivity index (χ1) is 6.99. The molecule has 15 heavy (non-hydrogen) atoms. The summed E-state index contributed by atoms with van der Waals surface area (Å²) in [5.41, 5.74) is 0. The number of nitrogens with zero attached hydrogens (tertiary/aromatic N) is 2. The molecule has 1 rings (SSSR count). The Morgan fingerprint density at radius 3 is 2.33 bits per heavy atom. The van der Waals surface area contributed by atoms with Crippen molar-refractivity contribution >= 4 is 12.2 Å². The third kappa shape index (κ3) is 2.48. The van der Waals surface area contributed by atoms with Crippen LogP contribution in [0, 0.1) is 10.7 Å². The van der Waals surface area contributed by atoms with Crippen LogP contribution in [-0.4, -0.2) is 14.8 Å². The van der Waals surface area contributed by atoms with Crippen molar-refractivity contribution < 1.29 is 0 Å². The van der Waals surface area contributed by atoms with Crippen LogP contribution in [0.3, 0.4) is 0 Å². The minimum Gasteiger partial charge on any atom is -0.301 e. The van der Waals surface area contributed by atoms with Crippen LogP contribution in [0.25, 0.3) is 0 Å². The van der Waals surface area contributed by atoms with E-state index in [1.165, 1.54) is 0 Å². The normalized spacial score (nSPS) is 13.8. The van der Waals surface area contributed by atoms with Crippen LogP contribution in [-0.2, 0) is 0 Å². The van der Waals surface area contributed by atoms with E-state index in [-0.39, 0.29) is 0 Å². The Labute approximate surface area is 96.9 Å². The van der Waals surface area contributed by atoms with Crippen molar-refractivity contribution in [2.45, 2.75) is 53.0 Å². The molecular weight excluding hydrogens is 206 g/mol. The molecule has 1 heterocycles. The van der Waals surface area contributed by atoms with Crippen molar-refractivity contribution in [2.24, 2.45) is 5.92 Å². The van der Waals surface area contributed by atoms with E-state index in [0.29, 0.717) is 17.9 Å². The summed E-state index contributed by atoms with van der Waals surface area (Å²) in [4.78, 5) is 0. The molecule has 0 saturated heterocycles. The van der Waals surface area contributed by atoms with Crippen molar-refractivity contribution in [1.29, 1.82) is 0 Å². The average molecular weight is 227 g/mol. The predicted octanol–water partition coefficient (Wildman–Crippen LogP) is 3.67. The molecule has 0 amide bonds. The lowest BCUT2D eigenvalue weighted by molar-refractivity contribution is 0.349. The molecule has 1 unspecified atom stereocenters. The van der Waals surface area contributed by atoms with Gasteiger partial charge in [0, 0.05) is 12.0 Å². The monoisotopic (exact) mass is 227 g/mol. The molecule has 0 fully saturated rings. The van der Waals surface area contributed by atoms with Crippen LogP contribution in [0.15, 0.2) is 0 Å². The minimum atomic E-state index is 0.408. The van der Waals surface area contributed by atoms with Gasteiger partial charge in [0.25, 0.3) is 0 Å². The third-order valence-electron chi connectivity index (χ3n) is 2.77. The van der Waals surface area contributed by atoms with E-state index in [1.54, 1.807) is 0 Å². The highest BCUT2D eigenvalue weighted by molar-refractivity contribution is 7.71. The highest BCUT2D eigenvalue weighted by Gasteiger charge is 2.19. The van der Waals surface area contributed by atoms with Crippen molar-refractivity contribution in [2.75, 3.05) is 0 Å². The summed E-state index contributed by atoms with van der Waals surface area (Å²) in [6, 6.07) is 0.452.